The van der Waals surface area contributed by atoms with Gasteiger partial charge in [0.2, 0.25) is 0 Å². The monoisotopic (exact) mass is 161 g/mol. The molecule has 1 aliphatic carbocycles. The zero-order chi connectivity index (χ0) is 8.39. The van der Waals surface area contributed by atoms with Crippen molar-refractivity contribution in [3.8, 4) is 0 Å². The minimum Gasteiger partial charge on any atom is -0.342 e. The summed E-state index contributed by atoms with van der Waals surface area (Å²) in [6, 6.07) is 0. The van der Waals surface area contributed by atoms with Gasteiger partial charge in [-0.15, -0.1) is 0 Å². The largest absolute Gasteiger partial charge is 0.342 e. The fourth-order valence-electron chi connectivity index (χ4n) is 1.47. The molecule has 12 heavy (non-hydrogen) atoms. The number of amidine groups is 1. The van der Waals surface area contributed by atoms with Crippen LogP contribution in [0.1, 0.15) is 6.42 Å². The highest BCUT2D eigenvalue weighted by Crippen LogP contribution is 2.20. The average Bonchev–Trinajstić information content (AvgIpc) is 2.17. The van der Waals surface area contributed by atoms with E-state index in [2.05, 4.69) is 22.5 Å². The summed E-state index contributed by atoms with van der Waals surface area (Å²) in [7, 11) is 0. The molecule has 0 saturated carbocycles. The highest BCUT2D eigenvalue weighted by Gasteiger charge is 2.19. The summed E-state index contributed by atoms with van der Waals surface area (Å²) in [6.07, 6.45) is 8.59. The van der Waals surface area contributed by atoms with Gasteiger partial charge in [-0.2, -0.15) is 0 Å². The second-order valence-corrected chi connectivity index (χ2v) is 2.98. The van der Waals surface area contributed by atoms with Gasteiger partial charge in [0, 0.05) is 18.2 Å². The van der Waals surface area contributed by atoms with Crippen molar-refractivity contribution >= 4 is 12.1 Å². The summed E-state index contributed by atoms with van der Waals surface area (Å²) in [4.78, 5) is 4.22. The molecule has 3 nitrogen and oxygen atoms in total. The topological polar surface area (TPSA) is 48.2 Å². The van der Waals surface area contributed by atoms with Gasteiger partial charge < -0.3 is 10.7 Å². The van der Waals surface area contributed by atoms with E-state index >= 15 is 0 Å². The van der Waals surface area contributed by atoms with Crippen molar-refractivity contribution in [2.75, 3.05) is 6.54 Å². The third kappa shape index (κ3) is 1.18. The number of rotatable bonds is 1. The maximum atomic E-state index is 7.04. The Kier molecular flexibility index (Phi) is 1.78. The van der Waals surface area contributed by atoms with E-state index in [0.29, 0.717) is 11.8 Å². The Balaban J connectivity index is 2.22. The van der Waals surface area contributed by atoms with Crippen molar-refractivity contribution < 1.29 is 0 Å². The van der Waals surface area contributed by atoms with E-state index in [4.69, 9.17) is 5.41 Å². The quantitative estimate of drug-likeness (QED) is 0.556. The molecule has 62 valence electrons. The molecule has 0 fully saturated rings. The van der Waals surface area contributed by atoms with E-state index in [1.165, 1.54) is 11.9 Å². The molecule has 2 aliphatic rings. The molecule has 0 bridgehead atoms. The third-order valence-corrected chi connectivity index (χ3v) is 2.16. The summed E-state index contributed by atoms with van der Waals surface area (Å²) in [5, 5.41) is 10.2. The van der Waals surface area contributed by atoms with Gasteiger partial charge in [-0.1, -0.05) is 12.2 Å². The lowest BCUT2D eigenvalue weighted by molar-refractivity contribution is 0.586. The van der Waals surface area contributed by atoms with E-state index in [1.807, 2.05) is 6.08 Å². The SMILES string of the molecule is N=CC1=NCC2CC=CC=C2N1. The van der Waals surface area contributed by atoms with Gasteiger partial charge in [0.25, 0.3) is 0 Å². The molecule has 0 aromatic carbocycles. The third-order valence-electron chi connectivity index (χ3n) is 2.16. The van der Waals surface area contributed by atoms with Gasteiger partial charge in [-0.25, -0.2) is 0 Å². The van der Waals surface area contributed by atoms with E-state index in [1.54, 1.807) is 0 Å². The standard InChI is InChI=1S/C9H11N3/c10-5-9-11-6-7-3-1-2-4-8(7)12-9/h1-2,4-5,7,10H,3,6H2,(H,11,12). The van der Waals surface area contributed by atoms with Crippen molar-refractivity contribution in [3.05, 3.63) is 23.9 Å². The Hall–Kier alpha value is -1.38. The van der Waals surface area contributed by atoms with Crippen LogP contribution in [-0.2, 0) is 0 Å². The first-order valence-electron chi connectivity index (χ1n) is 4.09. The molecule has 0 saturated heterocycles. The molecule has 2 rings (SSSR count). The number of hydrogen-bond acceptors (Lipinski definition) is 3. The van der Waals surface area contributed by atoms with E-state index in [-0.39, 0.29) is 0 Å². The normalized spacial score (nSPS) is 26.5. The molecule has 1 heterocycles. The van der Waals surface area contributed by atoms with Crippen LogP contribution >= 0.6 is 0 Å². The van der Waals surface area contributed by atoms with Crippen LogP contribution < -0.4 is 5.32 Å². The van der Waals surface area contributed by atoms with Crippen LogP contribution in [0.4, 0.5) is 0 Å². The maximum absolute atomic E-state index is 7.04. The zero-order valence-corrected chi connectivity index (χ0v) is 6.75. The van der Waals surface area contributed by atoms with E-state index in [9.17, 15) is 0 Å². The molecule has 0 amide bonds. The number of nitrogens with zero attached hydrogens (tertiary/aromatic N) is 1. The van der Waals surface area contributed by atoms with Crippen LogP contribution in [0, 0.1) is 11.3 Å². The van der Waals surface area contributed by atoms with Crippen molar-refractivity contribution in [3.63, 3.8) is 0 Å². The highest BCUT2D eigenvalue weighted by atomic mass is 15.0. The molecule has 0 aromatic heterocycles. The summed E-state index contributed by atoms with van der Waals surface area (Å²) < 4.78 is 0. The number of nitrogens with one attached hydrogen (secondary N) is 2. The molecule has 1 atom stereocenters. The van der Waals surface area contributed by atoms with Gasteiger partial charge in [0.1, 0.15) is 5.84 Å². The second kappa shape index (κ2) is 2.93. The lowest BCUT2D eigenvalue weighted by atomic mass is 9.96. The van der Waals surface area contributed by atoms with Crippen LogP contribution in [0.15, 0.2) is 28.9 Å². The summed E-state index contributed by atoms with van der Waals surface area (Å²) in [6.45, 7) is 0.813. The Morgan fingerprint density at radius 3 is 3.42 bits per heavy atom. The maximum Gasteiger partial charge on any atom is 0.143 e. The van der Waals surface area contributed by atoms with Crippen LogP contribution in [0.3, 0.4) is 0 Å². The van der Waals surface area contributed by atoms with Crippen molar-refractivity contribution in [1.82, 2.24) is 5.32 Å². The number of hydrogen-bond donors (Lipinski definition) is 2. The molecule has 0 spiro atoms. The minimum absolute atomic E-state index is 0.513. The molecule has 2 N–H and O–H groups in total. The van der Waals surface area contributed by atoms with Gasteiger partial charge in [-0.3, -0.25) is 4.99 Å². The summed E-state index contributed by atoms with van der Waals surface area (Å²) in [5.74, 6) is 1.19. The average molecular weight is 161 g/mol. The van der Waals surface area contributed by atoms with Gasteiger partial charge in [0.15, 0.2) is 0 Å². The lowest BCUT2D eigenvalue weighted by Gasteiger charge is -2.25. The number of allylic oxidation sites excluding steroid dienone is 3. The lowest BCUT2D eigenvalue weighted by Crippen LogP contribution is -2.34. The van der Waals surface area contributed by atoms with Gasteiger partial charge >= 0.3 is 0 Å². The first kappa shape index (κ1) is 7.28. The highest BCUT2D eigenvalue weighted by molar-refractivity contribution is 6.28. The van der Waals surface area contributed by atoms with Crippen molar-refractivity contribution in [2.45, 2.75) is 6.42 Å². The molecule has 0 aromatic rings. The predicted molar refractivity (Wildman–Crippen MR) is 49.6 cm³/mol. The summed E-state index contributed by atoms with van der Waals surface area (Å²) in [5.41, 5.74) is 1.20. The smallest absolute Gasteiger partial charge is 0.143 e. The predicted octanol–water partition coefficient (Wildman–Crippen LogP) is 1.10. The summed E-state index contributed by atoms with van der Waals surface area (Å²) >= 11 is 0. The van der Waals surface area contributed by atoms with E-state index < -0.39 is 0 Å². The van der Waals surface area contributed by atoms with Crippen LogP contribution in [0.5, 0.6) is 0 Å². The first-order valence-corrected chi connectivity index (χ1v) is 4.09. The fraction of sp³-hybridized carbons (Fsp3) is 0.333. The Morgan fingerprint density at radius 1 is 1.67 bits per heavy atom. The fourth-order valence-corrected chi connectivity index (χ4v) is 1.47. The van der Waals surface area contributed by atoms with Crippen molar-refractivity contribution in [1.29, 1.82) is 5.41 Å². The van der Waals surface area contributed by atoms with Crippen LogP contribution in [-0.4, -0.2) is 18.6 Å². The molecular weight excluding hydrogens is 150 g/mol. The zero-order valence-electron chi connectivity index (χ0n) is 6.75. The van der Waals surface area contributed by atoms with E-state index in [0.717, 1.165) is 13.0 Å². The molecule has 3 heteroatoms. The second-order valence-electron chi connectivity index (χ2n) is 2.98. The first-order chi connectivity index (χ1) is 5.90. The minimum atomic E-state index is 0.513. The van der Waals surface area contributed by atoms with Gasteiger partial charge in [-0.05, 0) is 12.5 Å². The number of aliphatic imine (C=N–C) groups is 1. The van der Waals surface area contributed by atoms with Crippen molar-refractivity contribution in [2.24, 2.45) is 10.9 Å². The van der Waals surface area contributed by atoms with Crippen LogP contribution in [0.2, 0.25) is 0 Å². The molecule has 0 radical (unpaired) electrons. The van der Waals surface area contributed by atoms with Crippen LogP contribution in [0.25, 0.3) is 0 Å². The molecular formula is C9H11N3. The Labute approximate surface area is 71.4 Å². The Morgan fingerprint density at radius 2 is 2.58 bits per heavy atom. The van der Waals surface area contributed by atoms with Gasteiger partial charge in [0.05, 0.1) is 6.21 Å². The Bertz CT molecular complexity index is 286. The molecule has 1 unspecified atom stereocenters. The molecule has 1 aliphatic heterocycles. The number of fused-ring (bicyclic) bond motifs is 1.